The molecule has 2 unspecified atom stereocenters. The van der Waals surface area contributed by atoms with Gasteiger partial charge in [0.15, 0.2) is 0 Å². The van der Waals surface area contributed by atoms with Crippen molar-refractivity contribution in [2.45, 2.75) is 25.7 Å². The zero-order chi connectivity index (χ0) is 16.2. The molecule has 1 N–H and O–H groups in total. The summed E-state index contributed by atoms with van der Waals surface area (Å²) in [6.07, 6.45) is 4.95. The van der Waals surface area contributed by atoms with Gasteiger partial charge in [0, 0.05) is 44.8 Å². The van der Waals surface area contributed by atoms with Gasteiger partial charge in [-0.3, -0.25) is 4.79 Å². The summed E-state index contributed by atoms with van der Waals surface area (Å²) in [6, 6.07) is 0. The van der Waals surface area contributed by atoms with Gasteiger partial charge in [0.05, 0.1) is 5.75 Å². The van der Waals surface area contributed by atoms with E-state index in [-0.39, 0.29) is 30.6 Å². The highest BCUT2D eigenvalue weighted by atomic mass is 32.2. The third-order valence-corrected chi connectivity index (χ3v) is 5.74. The summed E-state index contributed by atoms with van der Waals surface area (Å²) in [4.78, 5) is 16.3. The van der Waals surface area contributed by atoms with Crippen molar-refractivity contribution in [1.82, 2.24) is 9.80 Å². The van der Waals surface area contributed by atoms with Crippen LogP contribution >= 0.6 is 0 Å². The van der Waals surface area contributed by atoms with E-state index in [1.165, 1.54) is 19.3 Å². The van der Waals surface area contributed by atoms with Crippen LogP contribution < -0.4 is 0 Å². The summed E-state index contributed by atoms with van der Waals surface area (Å²) in [5, 5.41) is 9.57. The van der Waals surface area contributed by atoms with Gasteiger partial charge in [-0.25, -0.2) is 8.42 Å². The Bertz CT molecular complexity index is 474. The van der Waals surface area contributed by atoms with Gasteiger partial charge in [0.25, 0.3) is 0 Å². The van der Waals surface area contributed by atoms with E-state index < -0.39 is 9.84 Å². The standard InChI is InChI=1S/C15H28N2O4S/c1-22(20,21)8-5-15(19)17-10-13(14(11-17)12-18)9-16-6-3-2-4-7-16/h13-14,18H,2-12H2,1H3. The average Bonchev–Trinajstić information content (AvgIpc) is 2.88. The van der Waals surface area contributed by atoms with Crippen LogP contribution in [0.2, 0.25) is 0 Å². The molecule has 2 aliphatic rings. The first-order chi connectivity index (χ1) is 10.4. The smallest absolute Gasteiger partial charge is 0.223 e. The first kappa shape index (κ1) is 17.7. The molecule has 0 spiro atoms. The fourth-order valence-electron chi connectivity index (χ4n) is 3.46. The molecular weight excluding hydrogens is 304 g/mol. The van der Waals surface area contributed by atoms with Crippen LogP contribution in [-0.2, 0) is 14.6 Å². The normalized spacial score (nSPS) is 27.3. The molecule has 0 radical (unpaired) electrons. The molecule has 22 heavy (non-hydrogen) atoms. The fourth-order valence-corrected chi connectivity index (χ4v) is 4.01. The van der Waals surface area contributed by atoms with E-state index in [2.05, 4.69) is 4.90 Å². The maximum absolute atomic E-state index is 12.2. The van der Waals surface area contributed by atoms with Crippen molar-refractivity contribution in [3.63, 3.8) is 0 Å². The molecule has 1 amide bonds. The van der Waals surface area contributed by atoms with Gasteiger partial charge in [0.1, 0.15) is 9.84 Å². The summed E-state index contributed by atoms with van der Waals surface area (Å²) in [5.74, 6) is 0.211. The van der Waals surface area contributed by atoms with Gasteiger partial charge in [-0.05, 0) is 31.8 Å². The average molecular weight is 332 g/mol. The SMILES string of the molecule is CS(=O)(=O)CCC(=O)N1CC(CO)C(CN2CCCCC2)C1. The molecular formula is C15H28N2O4S. The molecule has 0 aliphatic carbocycles. The Hall–Kier alpha value is -0.660. The number of carbonyl (C=O) groups excluding carboxylic acids is 1. The zero-order valence-corrected chi connectivity index (χ0v) is 14.2. The Morgan fingerprint density at radius 1 is 1.14 bits per heavy atom. The topological polar surface area (TPSA) is 77.9 Å². The lowest BCUT2D eigenvalue weighted by molar-refractivity contribution is -0.130. The monoisotopic (exact) mass is 332 g/mol. The van der Waals surface area contributed by atoms with Gasteiger partial charge >= 0.3 is 0 Å². The largest absolute Gasteiger partial charge is 0.396 e. The Morgan fingerprint density at radius 3 is 2.36 bits per heavy atom. The van der Waals surface area contributed by atoms with E-state index in [0.717, 1.165) is 25.9 Å². The number of likely N-dealkylation sites (tertiary alicyclic amines) is 2. The maximum atomic E-state index is 12.2. The first-order valence-electron chi connectivity index (χ1n) is 8.18. The summed E-state index contributed by atoms with van der Waals surface area (Å²) in [6.45, 7) is 4.44. The predicted octanol–water partition coefficient (Wildman–Crippen LogP) is -0.0261. The molecule has 2 saturated heterocycles. The predicted molar refractivity (Wildman–Crippen MR) is 85.3 cm³/mol. The number of aliphatic hydroxyl groups is 1. The summed E-state index contributed by atoms with van der Waals surface area (Å²) >= 11 is 0. The van der Waals surface area contributed by atoms with Gasteiger partial charge in [-0.15, -0.1) is 0 Å². The highest BCUT2D eigenvalue weighted by Crippen LogP contribution is 2.26. The van der Waals surface area contributed by atoms with Crippen molar-refractivity contribution in [2.24, 2.45) is 11.8 Å². The van der Waals surface area contributed by atoms with Crippen molar-refractivity contribution >= 4 is 15.7 Å². The molecule has 0 aromatic carbocycles. The Balaban J connectivity index is 1.86. The molecule has 2 rings (SSSR count). The molecule has 2 atom stereocenters. The van der Waals surface area contributed by atoms with Crippen molar-refractivity contribution in [2.75, 3.05) is 51.3 Å². The zero-order valence-electron chi connectivity index (χ0n) is 13.4. The quantitative estimate of drug-likeness (QED) is 0.739. The molecule has 0 saturated carbocycles. The van der Waals surface area contributed by atoms with Crippen LogP contribution in [0.4, 0.5) is 0 Å². The van der Waals surface area contributed by atoms with Crippen LogP contribution in [0.1, 0.15) is 25.7 Å². The van der Waals surface area contributed by atoms with Crippen LogP contribution in [0, 0.1) is 11.8 Å². The van der Waals surface area contributed by atoms with Gasteiger partial charge < -0.3 is 14.9 Å². The molecule has 7 heteroatoms. The highest BCUT2D eigenvalue weighted by molar-refractivity contribution is 7.90. The minimum absolute atomic E-state index is 0.0490. The fraction of sp³-hybridized carbons (Fsp3) is 0.933. The molecule has 2 aliphatic heterocycles. The van der Waals surface area contributed by atoms with Gasteiger partial charge in [-0.2, -0.15) is 0 Å². The second-order valence-corrected chi connectivity index (χ2v) is 9.00. The summed E-state index contributed by atoms with van der Waals surface area (Å²) in [5.41, 5.74) is 0. The lowest BCUT2D eigenvalue weighted by atomic mass is 9.95. The Kier molecular flexibility index (Phi) is 6.23. The number of hydrogen-bond acceptors (Lipinski definition) is 5. The molecule has 128 valence electrons. The molecule has 2 fully saturated rings. The van der Waals surface area contributed by atoms with Gasteiger partial charge in [-0.1, -0.05) is 6.42 Å². The number of rotatable bonds is 6. The molecule has 0 bridgehead atoms. The van der Waals surface area contributed by atoms with E-state index >= 15 is 0 Å². The third kappa shape index (κ3) is 5.21. The Labute approximate surface area is 133 Å². The van der Waals surface area contributed by atoms with Crippen LogP contribution in [0.15, 0.2) is 0 Å². The summed E-state index contributed by atoms with van der Waals surface area (Å²) < 4.78 is 22.4. The van der Waals surface area contributed by atoms with Crippen LogP contribution in [0.5, 0.6) is 0 Å². The lowest BCUT2D eigenvalue weighted by Crippen LogP contribution is -2.37. The van der Waals surface area contributed by atoms with E-state index in [9.17, 15) is 18.3 Å². The van der Waals surface area contributed by atoms with Crippen molar-refractivity contribution in [3.05, 3.63) is 0 Å². The minimum Gasteiger partial charge on any atom is -0.396 e. The highest BCUT2D eigenvalue weighted by Gasteiger charge is 2.35. The molecule has 0 aromatic rings. The van der Waals surface area contributed by atoms with Crippen molar-refractivity contribution < 1.29 is 18.3 Å². The second-order valence-electron chi connectivity index (χ2n) is 6.74. The number of aliphatic hydroxyl groups excluding tert-OH is 1. The molecule has 6 nitrogen and oxygen atoms in total. The van der Waals surface area contributed by atoms with Crippen molar-refractivity contribution in [1.29, 1.82) is 0 Å². The number of nitrogens with zero attached hydrogens (tertiary/aromatic N) is 2. The summed E-state index contributed by atoms with van der Waals surface area (Å²) in [7, 11) is -3.11. The maximum Gasteiger partial charge on any atom is 0.223 e. The lowest BCUT2D eigenvalue weighted by Gasteiger charge is -2.30. The number of sulfone groups is 1. The van der Waals surface area contributed by atoms with E-state index in [1.54, 1.807) is 4.90 Å². The van der Waals surface area contributed by atoms with Gasteiger partial charge in [0.2, 0.25) is 5.91 Å². The van der Waals surface area contributed by atoms with E-state index in [4.69, 9.17) is 0 Å². The number of piperidine rings is 1. The third-order valence-electron chi connectivity index (χ3n) is 4.79. The Morgan fingerprint density at radius 2 is 1.77 bits per heavy atom. The van der Waals surface area contributed by atoms with Crippen LogP contribution in [-0.4, -0.2) is 80.6 Å². The number of hydrogen-bond donors (Lipinski definition) is 1. The minimum atomic E-state index is -3.11. The number of carbonyl (C=O) groups is 1. The van der Waals surface area contributed by atoms with E-state index in [1.807, 2.05) is 0 Å². The van der Waals surface area contributed by atoms with E-state index in [0.29, 0.717) is 19.0 Å². The van der Waals surface area contributed by atoms with Crippen molar-refractivity contribution in [3.8, 4) is 0 Å². The molecule has 0 aromatic heterocycles. The van der Waals surface area contributed by atoms with Crippen LogP contribution in [0.3, 0.4) is 0 Å². The van der Waals surface area contributed by atoms with Crippen LogP contribution in [0.25, 0.3) is 0 Å². The number of amides is 1. The molecule has 2 heterocycles. The first-order valence-corrected chi connectivity index (χ1v) is 10.2. The second kappa shape index (κ2) is 7.75.